The smallest absolute Gasteiger partial charge is 0.137 e. The van der Waals surface area contributed by atoms with Gasteiger partial charge in [-0.05, 0) is 30.5 Å². The number of anilines is 1. The minimum Gasteiger partial charge on any atom is -0.497 e. The Kier molecular flexibility index (Phi) is 5.81. The van der Waals surface area contributed by atoms with Crippen LogP contribution in [0.15, 0.2) is 30.6 Å². The van der Waals surface area contributed by atoms with Crippen molar-refractivity contribution in [2.45, 2.75) is 26.2 Å². The molecule has 1 aromatic carbocycles. The lowest BCUT2D eigenvalue weighted by atomic mass is 10.1. The second kappa shape index (κ2) is 7.84. The summed E-state index contributed by atoms with van der Waals surface area (Å²) in [6.45, 7) is 2.90. The van der Waals surface area contributed by atoms with Crippen LogP contribution in [0.25, 0.3) is 0 Å². The molecular weight excluding hydrogens is 286 g/mol. The van der Waals surface area contributed by atoms with Crippen LogP contribution in [-0.4, -0.2) is 23.6 Å². The van der Waals surface area contributed by atoms with Crippen molar-refractivity contribution in [2.24, 2.45) is 0 Å². The summed E-state index contributed by atoms with van der Waals surface area (Å²) in [4.78, 5) is 8.34. The summed E-state index contributed by atoms with van der Waals surface area (Å²) < 4.78 is 5.23. The maximum atomic E-state index is 6.14. The largest absolute Gasteiger partial charge is 0.497 e. The Bertz CT molecular complexity index is 589. The zero-order valence-corrected chi connectivity index (χ0v) is 13.2. The first kappa shape index (κ1) is 15.6. The maximum Gasteiger partial charge on any atom is 0.137 e. The molecule has 5 heteroatoms. The number of hydrogen-bond acceptors (Lipinski definition) is 4. The maximum absolute atomic E-state index is 6.14. The Hall–Kier alpha value is -1.81. The molecule has 4 nitrogen and oxygen atoms in total. The van der Waals surface area contributed by atoms with Crippen molar-refractivity contribution in [1.82, 2.24) is 9.97 Å². The average molecular weight is 306 g/mol. The quantitative estimate of drug-likeness (QED) is 0.792. The van der Waals surface area contributed by atoms with Crippen molar-refractivity contribution in [3.63, 3.8) is 0 Å². The first-order chi connectivity index (χ1) is 10.2. The van der Waals surface area contributed by atoms with Gasteiger partial charge in [-0.25, -0.2) is 9.97 Å². The summed E-state index contributed by atoms with van der Waals surface area (Å²) in [5, 5.41) is 3.89. The number of nitrogens with one attached hydrogen (secondary N) is 1. The van der Waals surface area contributed by atoms with Gasteiger partial charge in [0.25, 0.3) is 0 Å². The van der Waals surface area contributed by atoms with Gasteiger partial charge in [-0.15, -0.1) is 0 Å². The van der Waals surface area contributed by atoms with Crippen LogP contribution in [0.5, 0.6) is 5.75 Å². The fourth-order valence-electron chi connectivity index (χ4n) is 2.17. The van der Waals surface area contributed by atoms with E-state index in [1.165, 1.54) is 11.9 Å². The molecule has 0 spiro atoms. The highest BCUT2D eigenvalue weighted by atomic mass is 35.5. The van der Waals surface area contributed by atoms with Crippen molar-refractivity contribution in [1.29, 1.82) is 0 Å². The molecule has 0 aliphatic rings. The van der Waals surface area contributed by atoms with Gasteiger partial charge in [0.1, 0.15) is 23.0 Å². The fourth-order valence-corrected chi connectivity index (χ4v) is 2.40. The van der Waals surface area contributed by atoms with Gasteiger partial charge in [0, 0.05) is 12.1 Å². The summed E-state index contributed by atoms with van der Waals surface area (Å²) in [7, 11) is 1.68. The van der Waals surface area contributed by atoms with E-state index in [0.717, 1.165) is 42.9 Å². The summed E-state index contributed by atoms with van der Waals surface area (Å²) in [5.41, 5.74) is 2.21. The molecule has 0 fully saturated rings. The average Bonchev–Trinajstić information content (AvgIpc) is 2.51. The van der Waals surface area contributed by atoms with Crippen LogP contribution >= 0.6 is 11.6 Å². The van der Waals surface area contributed by atoms with Crippen LogP contribution in [0.1, 0.15) is 24.5 Å². The Labute approximate surface area is 130 Å². The number of rotatable bonds is 7. The van der Waals surface area contributed by atoms with Gasteiger partial charge in [0.05, 0.1) is 7.11 Å². The molecule has 1 aromatic heterocycles. The summed E-state index contributed by atoms with van der Waals surface area (Å²) in [6, 6.07) is 8.07. The zero-order chi connectivity index (χ0) is 15.1. The van der Waals surface area contributed by atoms with Gasteiger partial charge in [-0.3, -0.25) is 0 Å². The van der Waals surface area contributed by atoms with E-state index in [9.17, 15) is 0 Å². The molecule has 0 bridgehead atoms. The van der Waals surface area contributed by atoms with E-state index in [1.54, 1.807) is 7.11 Å². The molecule has 21 heavy (non-hydrogen) atoms. The predicted octanol–water partition coefficient (Wildman–Crippen LogP) is 3.75. The lowest BCUT2D eigenvalue weighted by Gasteiger charge is -2.11. The lowest BCUT2D eigenvalue weighted by molar-refractivity contribution is 0.414. The fraction of sp³-hybridized carbons (Fsp3) is 0.375. The Balaban J connectivity index is 1.98. The van der Waals surface area contributed by atoms with E-state index in [4.69, 9.17) is 16.3 Å². The second-order valence-corrected chi connectivity index (χ2v) is 5.13. The van der Waals surface area contributed by atoms with E-state index in [-0.39, 0.29) is 0 Å². The van der Waals surface area contributed by atoms with E-state index < -0.39 is 0 Å². The number of aromatic nitrogens is 2. The highest BCUT2D eigenvalue weighted by Gasteiger charge is 2.08. The number of ether oxygens (including phenoxy) is 1. The van der Waals surface area contributed by atoms with Gasteiger partial charge in [0.2, 0.25) is 0 Å². The van der Waals surface area contributed by atoms with Crippen LogP contribution in [-0.2, 0) is 12.8 Å². The van der Waals surface area contributed by atoms with E-state index >= 15 is 0 Å². The molecule has 2 rings (SSSR count). The number of nitrogens with zero attached hydrogens (tertiary/aromatic N) is 2. The highest BCUT2D eigenvalue weighted by molar-refractivity contribution is 6.30. The molecule has 0 saturated heterocycles. The highest BCUT2D eigenvalue weighted by Crippen LogP contribution is 2.21. The van der Waals surface area contributed by atoms with Crippen molar-refractivity contribution >= 4 is 17.4 Å². The number of benzene rings is 1. The van der Waals surface area contributed by atoms with Crippen LogP contribution < -0.4 is 10.1 Å². The van der Waals surface area contributed by atoms with Gasteiger partial charge < -0.3 is 10.1 Å². The van der Waals surface area contributed by atoms with Gasteiger partial charge >= 0.3 is 0 Å². The van der Waals surface area contributed by atoms with Crippen molar-refractivity contribution in [3.05, 3.63) is 46.9 Å². The topological polar surface area (TPSA) is 47.0 Å². The molecular formula is C16H20ClN3O. The van der Waals surface area contributed by atoms with E-state index in [0.29, 0.717) is 5.15 Å². The van der Waals surface area contributed by atoms with Gasteiger partial charge in [-0.2, -0.15) is 0 Å². The molecule has 0 amide bonds. The number of halogens is 1. The second-order valence-electron chi connectivity index (χ2n) is 4.77. The lowest BCUT2D eigenvalue weighted by Crippen LogP contribution is -2.09. The zero-order valence-electron chi connectivity index (χ0n) is 12.4. The molecule has 1 N–H and O–H groups in total. The van der Waals surface area contributed by atoms with Crippen LogP contribution in [0, 0.1) is 0 Å². The van der Waals surface area contributed by atoms with Crippen molar-refractivity contribution in [3.8, 4) is 5.75 Å². The van der Waals surface area contributed by atoms with Crippen molar-refractivity contribution < 1.29 is 4.74 Å². The van der Waals surface area contributed by atoms with Gasteiger partial charge in [-0.1, -0.05) is 37.1 Å². The number of hydrogen-bond donors (Lipinski definition) is 1. The van der Waals surface area contributed by atoms with Crippen LogP contribution in [0.3, 0.4) is 0 Å². The molecule has 0 saturated carbocycles. The summed E-state index contributed by atoms with van der Waals surface area (Å²) >= 11 is 6.14. The van der Waals surface area contributed by atoms with Gasteiger partial charge in [0.15, 0.2) is 0 Å². The predicted molar refractivity (Wildman–Crippen MR) is 86.2 cm³/mol. The summed E-state index contributed by atoms with van der Waals surface area (Å²) in [6.07, 6.45) is 4.28. The monoisotopic (exact) mass is 305 g/mol. The Morgan fingerprint density at radius 3 is 2.86 bits per heavy atom. The number of methoxy groups -OCH3 is 1. The first-order valence-electron chi connectivity index (χ1n) is 7.10. The summed E-state index contributed by atoms with van der Waals surface area (Å²) in [5.74, 6) is 1.71. The third-order valence-corrected chi connectivity index (χ3v) is 3.56. The van der Waals surface area contributed by atoms with E-state index in [1.807, 2.05) is 18.2 Å². The Morgan fingerprint density at radius 1 is 1.24 bits per heavy atom. The normalized spacial score (nSPS) is 10.4. The minimum absolute atomic E-state index is 0.538. The van der Waals surface area contributed by atoms with Crippen LogP contribution in [0.2, 0.25) is 5.15 Å². The molecule has 0 aliphatic carbocycles. The third kappa shape index (κ3) is 4.33. The standard InChI is InChI=1S/C16H20ClN3O/c1-3-5-14-15(17)19-11-20-16(14)18-9-8-12-6-4-7-13(10-12)21-2/h4,6-7,10-11H,3,5,8-9H2,1-2H3,(H,18,19,20). The molecule has 1 heterocycles. The first-order valence-corrected chi connectivity index (χ1v) is 7.48. The molecule has 0 atom stereocenters. The SMILES string of the molecule is CCCc1c(Cl)ncnc1NCCc1cccc(OC)c1. The van der Waals surface area contributed by atoms with Crippen molar-refractivity contribution in [2.75, 3.05) is 19.0 Å². The molecule has 0 unspecified atom stereocenters. The molecule has 112 valence electrons. The minimum atomic E-state index is 0.538. The molecule has 2 aromatic rings. The Morgan fingerprint density at radius 2 is 2.10 bits per heavy atom. The molecule has 0 aliphatic heterocycles. The third-order valence-electron chi connectivity index (χ3n) is 3.23. The molecule has 0 radical (unpaired) electrons. The van der Waals surface area contributed by atoms with E-state index in [2.05, 4.69) is 28.3 Å². The van der Waals surface area contributed by atoms with Crippen LogP contribution in [0.4, 0.5) is 5.82 Å².